The maximum Gasteiger partial charge on any atom is 0.166 e. The lowest BCUT2D eigenvalue weighted by molar-refractivity contribution is 0.0975. The van der Waals surface area contributed by atoms with E-state index in [1.165, 1.54) is 7.11 Å². The van der Waals surface area contributed by atoms with E-state index < -0.39 is 0 Å². The molecule has 0 aliphatic heterocycles. The summed E-state index contributed by atoms with van der Waals surface area (Å²) in [5, 5.41) is 0. The summed E-state index contributed by atoms with van der Waals surface area (Å²) in [6.45, 7) is 2.14. The molecule has 0 radical (unpaired) electrons. The highest BCUT2D eigenvalue weighted by Gasteiger charge is 2.12. The van der Waals surface area contributed by atoms with Crippen molar-refractivity contribution in [2.24, 2.45) is 0 Å². The molecule has 0 saturated carbocycles. The molecule has 0 unspecified atom stereocenters. The van der Waals surface area contributed by atoms with Crippen LogP contribution in [-0.4, -0.2) is 19.2 Å². The lowest BCUT2D eigenvalue weighted by Gasteiger charge is -2.08. The number of benzene rings is 1. The maximum absolute atomic E-state index is 12.0. The summed E-state index contributed by atoms with van der Waals surface area (Å²) in [6, 6.07) is 4.92. The van der Waals surface area contributed by atoms with Gasteiger partial charge in [-0.3, -0.25) is 9.59 Å². The van der Waals surface area contributed by atoms with Gasteiger partial charge >= 0.3 is 0 Å². The fourth-order valence-corrected chi connectivity index (χ4v) is 1.86. The van der Waals surface area contributed by atoms with Crippen LogP contribution in [0.15, 0.2) is 18.2 Å². The number of hydrogen-bond donors (Lipinski definition) is 0. The summed E-state index contributed by atoms with van der Waals surface area (Å²) in [5.74, 6) is 0.570. The van der Waals surface area contributed by atoms with Crippen molar-refractivity contribution in [3.8, 4) is 5.75 Å². The zero-order valence-corrected chi connectivity index (χ0v) is 11.1. The smallest absolute Gasteiger partial charge is 0.166 e. The van der Waals surface area contributed by atoms with E-state index in [4.69, 9.17) is 4.74 Å². The molecule has 98 valence electrons. The average molecular weight is 248 g/mol. The molecule has 1 aromatic carbocycles. The van der Waals surface area contributed by atoms with Crippen molar-refractivity contribution in [1.82, 2.24) is 0 Å². The third-order valence-corrected chi connectivity index (χ3v) is 2.92. The highest BCUT2D eigenvalue weighted by molar-refractivity contribution is 5.99. The van der Waals surface area contributed by atoms with Crippen molar-refractivity contribution >= 4 is 12.1 Å². The molecule has 0 saturated heterocycles. The summed E-state index contributed by atoms with van der Waals surface area (Å²) in [5.41, 5.74) is 1.09. The van der Waals surface area contributed by atoms with Gasteiger partial charge in [-0.25, -0.2) is 0 Å². The summed E-state index contributed by atoms with van der Waals surface area (Å²) in [7, 11) is 1.51. The van der Waals surface area contributed by atoms with Crippen LogP contribution < -0.4 is 4.74 Å². The fourth-order valence-electron chi connectivity index (χ4n) is 1.86. The van der Waals surface area contributed by atoms with Gasteiger partial charge in [0, 0.05) is 12.0 Å². The van der Waals surface area contributed by atoms with E-state index in [0.717, 1.165) is 32.0 Å². The van der Waals surface area contributed by atoms with Crippen LogP contribution in [0.1, 0.15) is 59.7 Å². The number of methoxy groups -OCH3 is 1. The molecule has 0 spiro atoms. The standard InChI is InChI=1S/C15H20O3/c1-3-4-5-6-7-14(17)13-9-8-12(11-16)10-15(13)18-2/h8-11H,3-7H2,1-2H3. The normalized spacial score (nSPS) is 10.1. The van der Waals surface area contributed by atoms with Gasteiger partial charge in [-0.05, 0) is 18.6 Å². The number of unbranched alkanes of at least 4 members (excludes halogenated alkanes) is 3. The molecule has 18 heavy (non-hydrogen) atoms. The fraction of sp³-hybridized carbons (Fsp3) is 0.467. The number of hydrogen-bond acceptors (Lipinski definition) is 3. The minimum atomic E-state index is 0.0837. The number of Topliss-reactive ketones (excluding diaryl/α,β-unsaturated/α-hetero) is 1. The van der Waals surface area contributed by atoms with Crippen molar-refractivity contribution in [3.05, 3.63) is 29.3 Å². The first-order valence-corrected chi connectivity index (χ1v) is 6.39. The van der Waals surface area contributed by atoms with Crippen molar-refractivity contribution in [3.63, 3.8) is 0 Å². The topological polar surface area (TPSA) is 43.4 Å². The number of ether oxygens (including phenoxy) is 1. The predicted molar refractivity (Wildman–Crippen MR) is 71.5 cm³/mol. The summed E-state index contributed by atoms with van der Waals surface area (Å²) in [6.07, 6.45) is 5.59. The first-order chi connectivity index (χ1) is 8.72. The second-order valence-corrected chi connectivity index (χ2v) is 4.31. The van der Waals surface area contributed by atoms with E-state index >= 15 is 0 Å². The van der Waals surface area contributed by atoms with Crippen LogP contribution in [0.25, 0.3) is 0 Å². The Morgan fingerprint density at radius 3 is 2.67 bits per heavy atom. The van der Waals surface area contributed by atoms with Gasteiger partial charge in [-0.15, -0.1) is 0 Å². The summed E-state index contributed by atoms with van der Waals surface area (Å²) < 4.78 is 5.16. The zero-order chi connectivity index (χ0) is 13.4. The van der Waals surface area contributed by atoms with Gasteiger partial charge in [0.2, 0.25) is 0 Å². The molecule has 0 aromatic heterocycles. The van der Waals surface area contributed by atoms with Crippen LogP contribution in [0, 0.1) is 0 Å². The van der Waals surface area contributed by atoms with Gasteiger partial charge in [0.15, 0.2) is 5.78 Å². The lowest BCUT2D eigenvalue weighted by atomic mass is 10.0. The quantitative estimate of drug-likeness (QED) is 0.400. The molecule has 3 heteroatoms. The highest BCUT2D eigenvalue weighted by Crippen LogP contribution is 2.22. The molecule has 1 rings (SSSR count). The third-order valence-electron chi connectivity index (χ3n) is 2.92. The molecular weight excluding hydrogens is 228 g/mol. The van der Waals surface area contributed by atoms with Crippen molar-refractivity contribution < 1.29 is 14.3 Å². The van der Waals surface area contributed by atoms with E-state index in [0.29, 0.717) is 23.3 Å². The molecular formula is C15H20O3. The molecule has 0 atom stereocenters. The molecule has 3 nitrogen and oxygen atoms in total. The molecule has 0 amide bonds. The maximum atomic E-state index is 12.0. The molecule has 0 bridgehead atoms. The number of ketones is 1. The minimum absolute atomic E-state index is 0.0837. The van der Waals surface area contributed by atoms with Crippen LogP contribution >= 0.6 is 0 Å². The number of aldehydes is 1. The van der Waals surface area contributed by atoms with E-state index in [2.05, 4.69) is 6.92 Å². The van der Waals surface area contributed by atoms with Gasteiger partial charge in [-0.1, -0.05) is 32.3 Å². The Morgan fingerprint density at radius 2 is 2.06 bits per heavy atom. The summed E-state index contributed by atoms with van der Waals surface area (Å²) in [4.78, 5) is 22.7. The van der Waals surface area contributed by atoms with Gasteiger partial charge < -0.3 is 4.74 Å². The second-order valence-electron chi connectivity index (χ2n) is 4.31. The van der Waals surface area contributed by atoms with E-state index in [1.807, 2.05) is 0 Å². The van der Waals surface area contributed by atoms with Crippen LogP contribution in [0.4, 0.5) is 0 Å². The SMILES string of the molecule is CCCCCCC(=O)c1ccc(C=O)cc1OC. The van der Waals surface area contributed by atoms with Crippen molar-refractivity contribution in [2.45, 2.75) is 39.0 Å². The molecule has 0 fully saturated rings. The first kappa shape index (κ1) is 14.4. The van der Waals surface area contributed by atoms with Gasteiger partial charge in [0.1, 0.15) is 12.0 Å². The van der Waals surface area contributed by atoms with E-state index in [9.17, 15) is 9.59 Å². The third kappa shape index (κ3) is 3.99. The Bertz CT molecular complexity index is 410. The number of rotatable bonds is 8. The lowest BCUT2D eigenvalue weighted by Crippen LogP contribution is -2.03. The monoisotopic (exact) mass is 248 g/mol. The Hall–Kier alpha value is -1.64. The van der Waals surface area contributed by atoms with Crippen LogP contribution in [-0.2, 0) is 0 Å². The van der Waals surface area contributed by atoms with Crippen molar-refractivity contribution in [2.75, 3.05) is 7.11 Å². The zero-order valence-electron chi connectivity index (χ0n) is 11.1. The molecule has 0 aliphatic rings. The second kappa shape index (κ2) is 7.64. The first-order valence-electron chi connectivity index (χ1n) is 6.39. The van der Waals surface area contributed by atoms with Crippen LogP contribution in [0.3, 0.4) is 0 Å². The highest BCUT2D eigenvalue weighted by atomic mass is 16.5. The molecule has 1 aromatic rings. The Morgan fingerprint density at radius 1 is 1.28 bits per heavy atom. The Kier molecular flexibility index (Phi) is 6.12. The average Bonchev–Trinajstić information content (AvgIpc) is 2.42. The largest absolute Gasteiger partial charge is 0.496 e. The van der Waals surface area contributed by atoms with Crippen LogP contribution in [0.5, 0.6) is 5.75 Å². The Balaban J connectivity index is 2.69. The predicted octanol–water partition coefficient (Wildman–Crippen LogP) is 3.66. The van der Waals surface area contributed by atoms with E-state index in [-0.39, 0.29) is 5.78 Å². The molecule has 0 heterocycles. The van der Waals surface area contributed by atoms with Crippen LogP contribution in [0.2, 0.25) is 0 Å². The van der Waals surface area contributed by atoms with Gasteiger partial charge in [-0.2, -0.15) is 0 Å². The van der Waals surface area contributed by atoms with Gasteiger partial charge in [0.05, 0.1) is 12.7 Å². The number of carbonyl (C=O) groups excluding carboxylic acids is 2. The van der Waals surface area contributed by atoms with Gasteiger partial charge in [0.25, 0.3) is 0 Å². The number of carbonyl (C=O) groups is 2. The Labute approximate surface area is 108 Å². The van der Waals surface area contributed by atoms with Crippen molar-refractivity contribution in [1.29, 1.82) is 0 Å². The summed E-state index contributed by atoms with van der Waals surface area (Å²) >= 11 is 0. The minimum Gasteiger partial charge on any atom is -0.496 e. The molecule has 0 aliphatic carbocycles. The van der Waals surface area contributed by atoms with E-state index in [1.54, 1.807) is 18.2 Å². The molecule has 0 N–H and O–H groups in total.